The Labute approximate surface area is 141 Å². The monoisotopic (exact) mass is 375 g/mol. The van der Waals surface area contributed by atoms with Crippen LogP contribution < -0.4 is 0 Å². The Balaban J connectivity index is 1.87. The largest absolute Gasteiger partial charge is 0.467 e. The molecule has 0 spiro atoms. The van der Waals surface area contributed by atoms with Crippen LogP contribution in [0.1, 0.15) is 21.7 Å². The van der Waals surface area contributed by atoms with Crippen LogP contribution in [0.3, 0.4) is 0 Å². The van der Waals surface area contributed by atoms with Gasteiger partial charge in [0.15, 0.2) is 0 Å². The number of carbonyl (C=O) groups is 1. The number of carbonyl (C=O) groups excluding carboxylic acids is 1. The van der Waals surface area contributed by atoms with Crippen molar-refractivity contribution in [2.45, 2.75) is 13.1 Å². The molecule has 0 aliphatic heterocycles. The van der Waals surface area contributed by atoms with Crippen LogP contribution in [-0.4, -0.2) is 10.8 Å². The first-order valence-corrected chi connectivity index (χ1v) is 8.55. The third kappa shape index (κ3) is 3.48. The Morgan fingerprint density at radius 2 is 2.00 bits per heavy atom. The first-order valence-electron chi connectivity index (χ1n) is 6.81. The topological polar surface area (TPSA) is 33.5 Å². The molecule has 3 nitrogen and oxygen atoms in total. The molecular weight excluding hydrogens is 362 g/mol. The Bertz CT molecular complexity index is 702. The van der Waals surface area contributed by atoms with Crippen molar-refractivity contribution in [2.75, 3.05) is 0 Å². The first-order chi connectivity index (χ1) is 10.7. The summed E-state index contributed by atoms with van der Waals surface area (Å²) in [5.74, 6) is 0.755. The number of hydrogen-bond donors (Lipinski definition) is 0. The van der Waals surface area contributed by atoms with Crippen molar-refractivity contribution in [3.63, 3.8) is 0 Å². The van der Waals surface area contributed by atoms with Crippen LogP contribution in [0.4, 0.5) is 0 Å². The zero-order valence-electron chi connectivity index (χ0n) is 11.7. The number of hydrogen-bond acceptors (Lipinski definition) is 3. The van der Waals surface area contributed by atoms with Crippen molar-refractivity contribution < 1.29 is 9.21 Å². The quantitative estimate of drug-likeness (QED) is 0.632. The molecule has 0 saturated heterocycles. The summed E-state index contributed by atoms with van der Waals surface area (Å²) >= 11 is 5.08. The van der Waals surface area contributed by atoms with E-state index in [4.69, 9.17) is 4.42 Å². The van der Waals surface area contributed by atoms with E-state index in [0.29, 0.717) is 18.7 Å². The van der Waals surface area contributed by atoms with Crippen LogP contribution in [0.5, 0.6) is 0 Å². The van der Waals surface area contributed by atoms with E-state index in [0.717, 1.165) is 15.8 Å². The van der Waals surface area contributed by atoms with Gasteiger partial charge in [0.1, 0.15) is 5.76 Å². The lowest BCUT2D eigenvalue weighted by atomic mass is 10.2. The summed E-state index contributed by atoms with van der Waals surface area (Å²) in [5, 5.41) is 4.08. The Morgan fingerprint density at radius 3 is 2.68 bits per heavy atom. The van der Waals surface area contributed by atoms with Gasteiger partial charge in [0, 0.05) is 11.0 Å². The fourth-order valence-corrected chi connectivity index (χ4v) is 3.31. The number of rotatable bonds is 5. The van der Waals surface area contributed by atoms with Crippen molar-refractivity contribution in [3.8, 4) is 0 Å². The number of furan rings is 1. The number of benzene rings is 1. The van der Waals surface area contributed by atoms with E-state index in [1.807, 2.05) is 47.8 Å². The molecule has 2 aromatic heterocycles. The van der Waals surface area contributed by atoms with Gasteiger partial charge in [0.2, 0.25) is 0 Å². The van der Waals surface area contributed by atoms with Gasteiger partial charge in [0.05, 0.1) is 18.4 Å². The smallest absolute Gasteiger partial charge is 0.255 e. The minimum absolute atomic E-state index is 0.0184. The lowest BCUT2D eigenvalue weighted by Gasteiger charge is -2.22. The van der Waals surface area contributed by atoms with E-state index >= 15 is 0 Å². The normalized spacial score (nSPS) is 10.6. The molecule has 0 saturated carbocycles. The minimum Gasteiger partial charge on any atom is -0.467 e. The van der Waals surface area contributed by atoms with Crippen LogP contribution in [0, 0.1) is 0 Å². The van der Waals surface area contributed by atoms with Crippen LogP contribution in [0.2, 0.25) is 0 Å². The van der Waals surface area contributed by atoms with Gasteiger partial charge in [-0.25, -0.2) is 0 Å². The molecular formula is C17H14BrNO2S. The Kier molecular flexibility index (Phi) is 4.75. The lowest BCUT2D eigenvalue weighted by molar-refractivity contribution is 0.0717. The molecule has 0 radical (unpaired) electrons. The van der Waals surface area contributed by atoms with Crippen molar-refractivity contribution in [1.29, 1.82) is 0 Å². The third-order valence-corrected chi connectivity index (χ3v) is 4.70. The van der Waals surface area contributed by atoms with E-state index in [1.54, 1.807) is 22.5 Å². The predicted molar refractivity (Wildman–Crippen MR) is 90.7 cm³/mol. The van der Waals surface area contributed by atoms with Crippen molar-refractivity contribution in [1.82, 2.24) is 4.90 Å². The summed E-state index contributed by atoms with van der Waals surface area (Å²) in [5.41, 5.74) is 1.78. The average Bonchev–Trinajstić information content (AvgIpc) is 3.20. The molecule has 22 heavy (non-hydrogen) atoms. The SMILES string of the molecule is O=C(c1ccccc1Br)N(Cc1ccsc1)Cc1ccco1. The first kappa shape index (κ1) is 15.1. The average molecular weight is 376 g/mol. The van der Waals surface area contributed by atoms with Crippen LogP contribution in [0.15, 0.2) is 68.4 Å². The van der Waals surface area contributed by atoms with Crippen molar-refractivity contribution in [3.05, 3.63) is 80.8 Å². The van der Waals surface area contributed by atoms with Gasteiger partial charge in [-0.15, -0.1) is 0 Å². The maximum atomic E-state index is 12.9. The number of halogens is 1. The molecule has 112 valence electrons. The molecule has 0 bridgehead atoms. The van der Waals surface area contributed by atoms with Gasteiger partial charge in [-0.1, -0.05) is 12.1 Å². The number of amides is 1. The molecule has 5 heteroatoms. The van der Waals surface area contributed by atoms with Gasteiger partial charge < -0.3 is 9.32 Å². The molecule has 0 aliphatic rings. The van der Waals surface area contributed by atoms with E-state index in [9.17, 15) is 4.79 Å². The summed E-state index contributed by atoms with van der Waals surface area (Å²) in [6.45, 7) is 1.01. The fraction of sp³-hybridized carbons (Fsp3) is 0.118. The molecule has 2 heterocycles. The summed E-state index contributed by atoms with van der Waals surface area (Å²) in [4.78, 5) is 14.7. The van der Waals surface area contributed by atoms with Gasteiger partial charge in [-0.3, -0.25) is 4.79 Å². The van der Waals surface area contributed by atoms with Crippen molar-refractivity contribution in [2.24, 2.45) is 0 Å². The molecule has 1 aromatic carbocycles. The summed E-state index contributed by atoms with van der Waals surface area (Å²) in [6, 6.07) is 13.2. The summed E-state index contributed by atoms with van der Waals surface area (Å²) in [7, 11) is 0. The molecule has 0 N–H and O–H groups in total. The van der Waals surface area contributed by atoms with E-state index in [-0.39, 0.29) is 5.91 Å². The van der Waals surface area contributed by atoms with E-state index in [2.05, 4.69) is 21.3 Å². The summed E-state index contributed by atoms with van der Waals surface area (Å²) < 4.78 is 6.20. The molecule has 1 amide bonds. The minimum atomic E-state index is -0.0184. The molecule has 0 aliphatic carbocycles. The molecule has 0 fully saturated rings. The molecule has 3 rings (SSSR count). The second-order valence-electron chi connectivity index (χ2n) is 4.85. The zero-order chi connectivity index (χ0) is 15.4. The van der Waals surface area contributed by atoms with E-state index < -0.39 is 0 Å². The Morgan fingerprint density at radius 1 is 1.14 bits per heavy atom. The molecule has 0 atom stereocenters. The standard InChI is InChI=1S/C17H14BrNO2S/c18-16-6-2-1-5-15(16)17(20)19(10-13-7-9-22-12-13)11-14-4-3-8-21-14/h1-9,12H,10-11H2. The van der Waals surface area contributed by atoms with Gasteiger partial charge in [-0.05, 0) is 62.6 Å². The highest BCUT2D eigenvalue weighted by molar-refractivity contribution is 9.10. The van der Waals surface area contributed by atoms with Gasteiger partial charge in [-0.2, -0.15) is 11.3 Å². The summed E-state index contributed by atoms with van der Waals surface area (Å²) in [6.07, 6.45) is 1.63. The zero-order valence-corrected chi connectivity index (χ0v) is 14.1. The highest BCUT2D eigenvalue weighted by Gasteiger charge is 2.19. The second kappa shape index (κ2) is 6.94. The highest BCUT2D eigenvalue weighted by atomic mass is 79.9. The van der Waals surface area contributed by atoms with Crippen molar-refractivity contribution >= 4 is 33.2 Å². The fourth-order valence-electron chi connectivity index (χ4n) is 2.20. The van der Waals surface area contributed by atoms with Gasteiger partial charge in [0.25, 0.3) is 5.91 Å². The number of thiophene rings is 1. The Hall–Kier alpha value is -1.85. The van der Waals surface area contributed by atoms with Gasteiger partial charge >= 0.3 is 0 Å². The lowest BCUT2D eigenvalue weighted by Crippen LogP contribution is -2.30. The molecule has 0 unspecified atom stereocenters. The maximum Gasteiger partial charge on any atom is 0.255 e. The molecule has 3 aromatic rings. The maximum absolute atomic E-state index is 12.9. The third-order valence-electron chi connectivity index (χ3n) is 3.27. The van der Waals surface area contributed by atoms with E-state index in [1.165, 1.54) is 0 Å². The van der Waals surface area contributed by atoms with Crippen LogP contribution in [-0.2, 0) is 13.1 Å². The second-order valence-corrected chi connectivity index (χ2v) is 6.49. The van der Waals surface area contributed by atoms with Crippen LogP contribution in [0.25, 0.3) is 0 Å². The van der Waals surface area contributed by atoms with Crippen LogP contribution >= 0.6 is 27.3 Å². The number of nitrogens with zero attached hydrogens (tertiary/aromatic N) is 1. The predicted octanol–water partition coefficient (Wildman–Crippen LogP) is 4.95. The highest BCUT2D eigenvalue weighted by Crippen LogP contribution is 2.21.